The van der Waals surface area contributed by atoms with Crippen molar-refractivity contribution >= 4 is 29.0 Å². The van der Waals surface area contributed by atoms with Gasteiger partial charge in [0.05, 0.1) is 41.0 Å². The first-order valence-electron chi connectivity index (χ1n) is 9.06. The van der Waals surface area contributed by atoms with E-state index >= 15 is 0 Å². The Kier molecular flexibility index (Phi) is 4.63. The summed E-state index contributed by atoms with van der Waals surface area (Å²) in [4.78, 5) is 36.1. The molecule has 0 unspecified atom stereocenters. The van der Waals surface area contributed by atoms with Gasteiger partial charge in [-0.2, -0.15) is 0 Å². The topological polar surface area (TPSA) is 135 Å². The highest BCUT2D eigenvalue weighted by Crippen LogP contribution is 2.39. The van der Waals surface area contributed by atoms with E-state index in [9.17, 15) is 9.59 Å². The lowest BCUT2D eigenvalue weighted by Crippen LogP contribution is -2.31. The smallest absolute Gasteiger partial charge is 0.255 e. The summed E-state index contributed by atoms with van der Waals surface area (Å²) in [5.41, 5.74) is 9.74. The van der Waals surface area contributed by atoms with Crippen molar-refractivity contribution in [1.29, 1.82) is 0 Å². The Hall–Kier alpha value is -3.88. The minimum absolute atomic E-state index is 0.122. The number of methoxy groups -OCH3 is 1. The van der Waals surface area contributed by atoms with Crippen molar-refractivity contribution in [3.8, 4) is 17.1 Å². The van der Waals surface area contributed by atoms with Crippen LogP contribution in [0, 0.1) is 0 Å². The number of H-pyrrole nitrogens is 1. The highest BCUT2D eigenvalue weighted by molar-refractivity contribution is 6.06. The fraction of sp³-hybridized carbons (Fsp3) is 0.200. The van der Waals surface area contributed by atoms with E-state index in [1.54, 1.807) is 30.5 Å². The molecule has 1 aromatic carbocycles. The highest BCUT2D eigenvalue weighted by atomic mass is 16.5. The summed E-state index contributed by atoms with van der Waals surface area (Å²) in [7, 11) is 1.50. The van der Waals surface area contributed by atoms with Crippen molar-refractivity contribution in [2.75, 3.05) is 24.7 Å². The van der Waals surface area contributed by atoms with Gasteiger partial charge in [0.25, 0.3) is 5.91 Å². The number of aromatic nitrogens is 3. The summed E-state index contributed by atoms with van der Waals surface area (Å²) in [6, 6.07) is 6.93. The van der Waals surface area contributed by atoms with Crippen molar-refractivity contribution in [3.05, 3.63) is 47.3 Å². The van der Waals surface area contributed by atoms with Crippen LogP contribution in [0.4, 0.5) is 17.3 Å². The predicted octanol–water partition coefficient (Wildman–Crippen LogP) is 2.29. The van der Waals surface area contributed by atoms with Gasteiger partial charge in [0, 0.05) is 24.9 Å². The third kappa shape index (κ3) is 3.27. The molecule has 148 valence electrons. The number of anilines is 3. The number of ether oxygens (including phenoxy) is 1. The number of nitrogens with zero attached hydrogens (tertiary/aromatic N) is 2. The van der Waals surface area contributed by atoms with E-state index in [0.717, 1.165) is 5.69 Å². The summed E-state index contributed by atoms with van der Waals surface area (Å²) in [6.45, 7) is 2.02. The maximum atomic E-state index is 12.6. The number of ketones is 1. The number of carbonyl (C=O) groups is 2. The molecule has 0 bridgehead atoms. The number of hydrogen-bond donors (Lipinski definition) is 4. The standard InChI is InChI=1S/C20H20N6O3/c1-10(27)11-4-3-5-14(18(11)29-2)25-17-15-12(6-8-22-19(15)28)24-16(17)13-7-9-23-20(21)26-13/h3-5,7,9,24-25H,6,8H2,1-2H3,(H,22,28)(H2,21,23,26). The molecule has 0 saturated heterocycles. The molecule has 0 spiro atoms. The van der Waals surface area contributed by atoms with Gasteiger partial charge in [0.15, 0.2) is 11.5 Å². The van der Waals surface area contributed by atoms with Gasteiger partial charge in [-0.25, -0.2) is 9.97 Å². The molecule has 5 N–H and O–H groups in total. The predicted molar refractivity (Wildman–Crippen MR) is 109 cm³/mol. The molecule has 9 nitrogen and oxygen atoms in total. The molecule has 2 aromatic heterocycles. The van der Waals surface area contributed by atoms with Crippen molar-refractivity contribution in [2.24, 2.45) is 0 Å². The molecule has 0 atom stereocenters. The Balaban J connectivity index is 1.90. The first-order valence-corrected chi connectivity index (χ1v) is 9.06. The van der Waals surface area contributed by atoms with Gasteiger partial charge < -0.3 is 26.1 Å². The van der Waals surface area contributed by atoms with E-state index in [1.807, 2.05) is 0 Å². The average Bonchev–Trinajstić information content (AvgIpc) is 3.07. The van der Waals surface area contributed by atoms with E-state index < -0.39 is 0 Å². The Bertz CT molecular complexity index is 1120. The summed E-state index contributed by atoms with van der Waals surface area (Å²) in [5, 5.41) is 6.13. The lowest BCUT2D eigenvalue weighted by molar-refractivity contribution is 0.0945. The van der Waals surface area contributed by atoms with Crippen LogP contribution in [0.25, 0.3) is 11.4 Å². The van der Waals surface area contributed by atoms with Crippen molar-refractivity contribution in [2.45, 2.75) is 13.3 Å². The average molecular weight is 392 g/mol. The number of fused-ring (bicyclic) bond motifs is 1. The fourth-order valence-corrected chi connectivity index (χ4v) is 3.48. The minimum atomic E-state index is -0.194. The summed E-state index contributed by atoms with van der Waals surface area (Å²) < 4.78 is 5.48. The van der Waals surface area contributed by atoms with Crippen LogP contribution < -0.4 is 21.1 Å². The number of Topliss-reactive ketones (excluding diaryl/α,β-unsaturated/α-hetero) is 1. The highest BCUT2D eigenvalue weighted by Gasteiger charge is 2.28. The number of nitrogens with one attached hydrogen (secondary N) is 3. The number of para-hydroxylation sites is 1. The zero-order valence-corrected chi connectivity index (χ0v) is 16.0. The molecule has 1 aliphatic rings. The largest absolute Gasteiger partial charge is 0.494 e. The summed E-state index contributed by atoms with van der Waals surface area (Å²) >= 11 is 0. The number of nitrogen functional groups attached to an aromatic ring is 1. The number of benzene rings is 1. The summed E-state index contributed by atoms with van der Waals surface area (Å²) in [6.07, 6.45) is 2.21. The van der Waals surface area contributed by atoms with Gasteiger partial charge in [-0.05, 0) is 25.1 Å². The molecule has 3 aromatic rings. The van der Waals surface area contributed by atoms with E-state index in [-0.39, 0.29) is 17.6 Å². The van der Waals surface area contributed by atoms with Crippen LogP contribution in [-0.4, -0.2) is 40.3 Å². The fourth-order valence-electron chi connectivity index (χ4n) is 3.48. The molecule has 4 rings (SSSR count). The van der Waals surface area contributed by atoms with Crippen LogP contribution in [0.5, 0.6) is 5.75 Å². The number of hydrogen-bond acceptors (Lipinski definition) is 7. The van der Waals surface area contributed by atoms with E-state index in [1.165, 1.54) is 14.0 Å². The normalized spacial score (nSPS) is 12.8. The summed E-state index contributed by atoms with van der Waals surface area (Å²) in [5.74, 6) is 0.212. The van der Waals surface area contributed by atoms with Crippen LogP contribution in [0.3, 0.4) is 0 Å². The van der Waals surface area contributed by atoms with E-state index in [2.05, 4.69) is 25.6 Å². The molecule has 0 saturated carbocycles. The van der Waals surface area contributed by atoms with Gasteiger partial charge in [-0.15, -0.1) is 0 Å². The van der Waals surface area contributed by atoms with Gasteiger partial charge in [-0.3, -0.25) is 9.59 Å². The zero-order chi connectivity index (χ0) is 20.5. The number of nitrogens with two attached hydrogens (primary N) is 1. The Morgan fingerprint density at radius 2 is 2.14 bits per heavy atom. The Morgan fingerprint density at radius 1 is 1.31 bits per heavy atom. The maximum absolute atomic E-state index is 12.6. The maximum Gasteiger partial charge on any atom is 0.255 e. The van der Waals surface area contributed by atoms with Crippen LogP contribution in [0.15, 0.2) is 30.5 Å². The van der Waals surface area contributed by atoms with E-state index in [0.29, 0.717) is 52.6 Å². The molecule has 0 radical (unpaired) electrons. The molecule has 0 fully saturated rings. The van der Waals surface area contributed by atoms with Gasteiger partial charge in [0.2, 0.25) is 5.95 Å². The lowest BCUT2D eigenvalue weighted by Gasteiger charge is -2.17. The van der Waals surface area contributed by atoms with Crippen LogP contribution >= 0.6 is 0 Å². The number of amides is 1. The van der Waals surface area contributed by atoms with Crippen molar-refractivity contribution in [1.82, 2.24) is 20.3 Å². The molecule has 9 heteroatoms. The monoisotopic (exact) mass is 392 g/mol. The Morgan fingerprint density at radius 3 is 2.86 bits per heavy atom. The molecule has 29 heavy (non-hydrogen) atoms. The van der Waals surface area contributed by atoms with Gasteiger partial charge >= 0.3 is 0 Å². The molecule has 1 amide bonds. The quantitative estimate of drug-likeness (QED) is 0.489. The number of rotatable bonds is 5. The van der Waals surface area contributed by atoms with Crippen LogP contribution in [0.2, 0.25) is 0 Å². The lowest BCUT2D eigenvalue weighted by atomic mass is 10.1. The van der Waals surface area contributed by atoms with Gasteiger partial charge in [0.1, 0.15) is 0 Å². The number of aromatic amines is 1. The second kappa shape index (κ2) is 7.27. The second-order valence-electron chi connectivity index (χ2n) is 6.60. The molecular formula is C20H20N6O3. The zero-order valence-electron chi connectivity index (χ0n) is 16.0. The second-order valence-corrected chi connectivity index (χ2v) is 6.60. The Labute approximate surface area is 166 Å². The van der Waals surface area contributed by atoms with Crippen LogP contribution in [0.1, 0.15) is 33.3 Å². The SMILES string of the molecule is COc1c(Nc2c(-c3ccnc(N)n3)[nH]c3c2C(=O)NCC3)cccc1C(C)=O. The minimum Gasteiger partial charge on any atom is -0.494 e. The molecular weight excluding hydrogens is 372 g/mol. The molecule has 0 aliphatic carbocycles. The van der Waals surface area contributed by atoms with Crippen molar-refractivity contribution in [3.63, 3.8) is 0 Å². The molecule has 1 aliphatic heterocycles. The van der Waals surface area contributed by atoms with Gasteiger partial charge in [-0.1, -0.05) is 6.07 Å². The van der Waals surface area contributed by atoms with E-state index in [4.69, 9.17) is 10.5 Å². The first kappa shape index (κ1) is 18.5. The first-order chi connectivity index (χ1) is 14.0. The number of carbonyl (C=O) groups excluding carboxylic acids is 2. The van der Waals surface area contributed by atoms with Crippen molar-refractivity contribution < 1.29 is 14.3 Å². The molecule has 3 heterocycles. The van der Waals surface area contributed by atoms with Crippen LogP contribution in [-0.2, 0) is 6.42 Å². The third-order valence-electron chi connectivity index (χ3n) is 4.75. The third-order valence-corrected chi connectivity index (χ3v) is 4.75.